The molecular weight excluding hydrogens is 220 g/mol. The number of hydrogen-bond donors (Lipinski definition) is 1. The predicted molar refractivity (Wildman–Crippen MR) is 79.4 cm³/mol. The van der Waals surface area contributed by atoms with Gasteiger partial charge in [0, 0.05) is 31.4 Å². The number of nitrogens with one attached hydrogen (secondary N) is 1. The molecule has 0 saturated carbocycles. The van der Waals surface area contributed by atoms with Crippen LogP contribution in [0.4, 0.5) is 5.69 Å². The molecule has 1 unspecified atom stereocenters. The highest BCUT2D eigenvalue weighted by Crippen LogP contribution is 2.24. The van der Waals surface area contributed by atoms with Gasteiger partial charge >= 0.3 is 0 Å². The summed E-state index contributed by atoms with van der Waals surface area (Å²) in [5, 5.41) is 3.50. The SMILES string of the molecule is CC(C)c1ccc(N2CCNCC2C(C)C)cc1. The lowest BCUT2D eigenvalue weighted by molar-refractivity contribution is 0.390. The van der Waals surface area contributed by atoms with Crippen molar-refractivity contribution in [3.8, 4) is 0 Å². The molecule has 100 valence electrons. The minimum atomic E-state index is 0.614. The standard InChI is InChI=1S/C16H26N2/c1-12(2)14-5-7-15(8-6-14)18-10-9-17-11-16(18)13(3)4/h5-8,12-13,16-17H,9-11H2,1-4H3. The van der Waals surface area contributed by atoms with E-state index in [0.29, 0.717) is 17.9 Å². The Hall–Kier alpha value is -1.02. The summed E-state index contributed by atoms with van der Waals surface area (Å²) in [7, 11) is 0. The van der Waals surface area contributed by atoms with Gasteiger partial charge in [0.05, 0.1) is 0 Å². The minimum absolute atomic E-state index is 0.614. The van der Waals surface area contributed by atoms with E-state index in [2.05, 4.69) is 62.2 Å². The summed E-state index contributed by atoms with van der Waals surface area (Å²) in [6, 6.07) is 9.74. The first kappa shape index (κ1) is 13.4. The molecule has 0 aliphatic carbocycles. The van der Waals surface area contributed by atoms with E-state index in [1.54, 1.807) is 0 Å². The van der Waals surface area contributed by atoms with E-state index in [4.69, 9.17) is 0 Å². The molecule has 1 atom stereocenters. The monoisotopic (exact) mass is 246 g/mol. The van der Waals surface area contributed by atoms with Crippen molar-refractivity contribution in [2.45, 2.75) is 39.7 Å². The Morgan fingerprint density at radius 3 is 2.33 bits per heavy atom. The van der Waals surface area contributed by atoms with Crippen LogP contribution < -0.4 is 10.2 Å². The lowest BCUT2D eigenvalue weighted by Gasteiger charge is -2.40. The first-order valence-electron chi connectivity index (χ1n) is 7.17. The molecule has 1 fully saturated rings. The van der Waals surface area contributed by atoms with Crippen LogP contribution in [0.2, 0.25) is 0 Å². The summed E-state index contributed by atoms with van der Waals surface area (Å²) in [4.78, 5) is 2.56. The fourth-order valence-corrected chi connectivity index (χ4v) is 2.69. The van der Waals surface area contributed by atoms with Crippen molar-refractivity contribution < 1.29 is 0 Å². The van der Waals surface area contributed by atoms with Gasteiger partial charge < -0.3 is 10.2 Å². The third-order valence-corrected chi connectivity index (χ3v) is 3.94. The van der Waals surface area contributed by atoms with Crippen molar-refractivity contribution >= 4 is 5.69 Å². The number of piperazine rings is 1. The summed E-state index contributed by atoms with van der Waals surface area (Å²) in [5.74, 6) is 1.30. The van der Waals surface area contributed by atoms with Crippen LogP contribution in [0.3, 0.4) is 0 Å². The zero-order chi connectivity index (χ0) is 13.1. The molecule has 0 spiro atoms. The summed E-state index contributed by atoms with van der Waals surface area (Å²) in [5.41, 5.74) is 2.80. The van der Waals surface area contributed by atoms with Crippen LogP contribution in [0.25, 0.3) is 0 Å². The summed E-state index contributed by atoms with van der Waals surface area (Å²) >= 11 is 0. The number of anilines is 1. The maximum absolute atomic E-state index is 3.50. The molecule has 2 rings (SSSR count). The maximum Gasteiger partial charge on any atom is 0.0437 e. The number of rotatable bonds is 3. The zero-order valence-corrected chi connectivity index (χ0v) is 12.1. The van der Waals surface area contributed by atoms with E-state index in [9.17, 15) is 0 Å². The average molecular weight is 246 g/mol. The summed E-state index contributed by atoms with van der Waals surface area (Å²) in [6.45, 7) is 12.4. The first-order valence-corrected chi connectivity index (χ1v) is 7.17. The van der Waals surface area contributed by atoms with Gasteiger partial charge in [0.15, 0.2) is 0 Å². The quantitative estimate of drug-likeness (QED) is 0.881. The van der Waals surface area contributed by atoms with E-state index in [0.717, 1.165) is 19.6 Å². The Labute approximate surface area is 111 Å². The molecule has 1 aromatic rings. The Morgan fingerprint density at radius 1 is 1.11 bits per heavy atom. The van der Waals surface area contributed by atoms with Crippen LogP contribution in [0.5, 0.6) is 0 Å². The lowest BCUT2D eigenvalue weighted by atomic mass is 9.98. The molecule has 1 aromatic carbocycles. The molecule has 2 nitrogen and oxygen atoms in total. The molecule has 2 heteroatoms. The molecule has 0 radical (unpaired) electrons. The molecule has 1 aliphatic rings. The fourth-order valence-electron chi connectivity index (χ4n) is 2.69. The van der Waals surface area contributed by atoms with Crippen molar-refractivity contribution in [3.05, 3.63) is 29.8 Å². The Balaban J connectivity index is 2.18. The van der Waals surface area contributed by atoms with Crippen molar-refractivity contribution in [1.82, 2.24) is 5.32 Å². The van der Waals surface area contributed by atoms with E-state index >= 15 is 0 Å². The Morgan fingerprint density at radius 2 is 1.78 bits per heavy atom. The van der Waals surface area contributed by atoms with Crippen LogP contribution in [0.1, 0.15) is 39.2 Å². The van der Waals surface area contributed by atoms with Crippen molar-refractivity contribution in [1.29, 1.82) is 0 Å². The van der Waals surface area contributed by atoms with Crippen LogP contribution in [-0.4, -0.2) is 25.7 Å². The van der Waals surface area contributed by atoms with Gasteiger partial charge in [-0.15, -0.1) is 0 Å². The van der Waals surface area contributed by atoms with Crippen LogP contribution in [0.15, 0.2) is 24.3 Å². The van der Waals surface area contributed by atoms with Gasteiger partial charge in [-0.05, 0) is 29.5 Å². The fraction of sp³-hybridized carbons (Fsp3) is 0.625. The summed E-state index contributed by atoms with van der Waals surface area (Å²) in [6.07, 6.45) is 0. The second-order valence-corrected chi connectivity index (χ2v) is 5.96. The molecule has 1 N–H and O–H groups in total. The Kier molecular flexibility index (Phi) is 4.28. The third kappa shape index (κ3) is 2.86. The highest BCUT2D eigenvalue weighted by atomic mass is 15.2. The van der Waals surface area contributed by atoms with Crippen LogP contribution >= 0.6 is 0 Å². The van der Waals surface area contributed by atoms with Crippen molar-refractivity contribution in [3.63, 3.8) is 0 Å². The highest BCUT2D eigenvalue weighted by molar-refractivity contribution is 5.49. The number of hydrogen-bond acceptors (Lipinski definition) is 2. The number of benzene rings is 1. The highest BCUT2D eigenvalue weighted by Gasteiger charge is 2.24. The van der Waals surface area contributed by atoms with Gasteiger partial charge in [0.1, 0.15) is 0 Å². The number of nitrogens with zero attached hydrogens (tertiary/aromatic N) is 1. The molecule has 1 heterocycles. The van der Waals surface area contributed by atoms with Gasteiger partial charge in [-0.25, -0.2) is 0 Å². The largest absolute Gasteiger partial charge is 0.366 e. The molecule has 1 aliphatic heterocycles. The second kappa shape index (κ2) is 5.75. The van der Waals surface area contributed by atoms with Gasteiger partial charge in [0.25, 0.3) is 0 Å². The second-order valence-electron chi connectivity index (χ2n) is 5.96. The smallest absolute Gasteiger partial charge is 0.0437 e. The van der Waals surface area contributed by atoms with E-state index in [-0.39, 0.29) is 0 Å². The molecule has 0 bridgehead atoms. The first-order chi connectivity index (χ1) is 8.59. The maximum atomic E-state index is 3.50. The lowest BCUT2D eigenvalue weighted by Crippen LogP contribution is -2.53. The Bertz CT molecular complexity index is 367. The van der Waals surface area contributed by atoms with Crippen LogP contribution in [0, 0.1) is 5.92 Å². The van der Waals surface area contributed by atoms with Gasteiger partial charge in [-0.1, -0.05) is 39.8 Å². The van der Waals surface area contributed by atoms with Gasteiger partial charge in [-0.3, -0.25) is 0 Å². The van der Waals surface area contributed by atoms with Gasteiger partial charge in [-0.2, -0.15) is 0 Å². The molecule has 0 amide bonds. The molecule has 1 saturated heterocycles. The topological polar surface area (TPSA) is 15.3 Å². The van der Waals surface area contributed by atoms with E-state index in [1.807, 2.05) is 0 Å². The average Bonchev–Trinajstić information content (AvgIpc) is 2.39. The predicted octanol–water partition coefficient (Wildman–Crippen LogP) is 3.24. The summed E-state index contributed by atoms with van der Waals surface area (Å²) < 4.78 is 0. The zero-order valence-electron chi connectivity index (χ0n) is 12.1. The van der Waals surface area contributed by atoms with E-state index in [1.165, 1.54) is 11.3 Å². The van der Waals surface area contributed by atoms with Crippen molar-refractivity contribution in [2.75, 3.05) is 24.5 Å². The normalized spacial score (nSPS) is 20.8. The molecular formula is C16H26N2. The third-order valence-electron chi connectivity index (χ3n) is 3.94. The molecule has 18 heavy (non-hydrogen) atoms. The van der Waals surface area contributed by atoms with Crippen LogP contribution in [-0.2, 0) is 0 Å². The van der Waals surface area contributed by atoms with Gasteiger partial charge in [0.2, 0.25) is 0 Å². The van der Waals surface area contributed by atoms with Crippen molar-refractivity contribution in [2.24, 2.45) is 5.92 Å². The van der Waals surface area contributed by atoms with E-state index < -0.39 is 0 Å². The minimum Gasteiger partial charge on any atom is -0.366 e. The molecule has 0 aromatic heterocycles.